The Morgan fingerprint density at radius 2 is 1.81 bits per heavy atom. The Kier molecular flexibility index (Phi) is 3.75. The van der Waals surface area contributed by atoms with Crippen molar-refractivity contribution in [1.29, 1.82) is 0 Å². The van der Waals surface area contributed by atoms with Gasteiger partial charge in [0.25, 0.3) is 0 Å². The van der Waals surface area contributed by atoms with E-state index in [2.05, 4.69) is 40.2 Å². The summed E-state index contributed by atoms with van der Waals surface area (Å²) >= 11 is 0. The lowest BCUT2D eigenvalue weighted by Crippen LogP contribution is -2.01. The lowest BCUT2D eigenvalue weighted by molar-refractivity contribution is 0.0697. The highest BCUT2D eigenvalue weighted by Gasteiger charge is 2.15. The first-order chi connectivity index (χ1) is 12.7. The molecule has 26 heavy (non-hydrogen) atoms. The van der Waals surface area contributed by atoms with Crippen LogP contribution in [0.3, 0.4) is 0 Å². The number of carboxylic acids is 1. The van der Waals surface area contributed by atoms with E-state index in [4.69, 9.17) is 6.42 Å². The van der Waals surface area contributed by atoms with Gasteiger partial charge in [-0.05, 0) is 41.5 Å². The molecule has 2 N–H and O–H groups in total. The summed E-state index contributed by atoms with van der Waals surface area (Å²) in [6.45, 7) is 0. The zero-order valence-electron chi connectivity index (χ0n) is 13.7. The summed E-state index contributed by atoms with van der Waals surface area (Å²) < 4.78 is 0. The number of carboxylic acid groups (broad SMARTS) is 1. The van der Waals surface area contributed by atoms with Gasteiger partial charge in [-0.1, -0.05) is 30.2 Å². The minimum atomic E-state index is -1.01. The van der Waals surface area contributed by atoms with Gasteiger partial charge in [0.2, 0.25) is 0 Å². The van der Waals surface area contributed by atoms with E-state index in [0.29, 0.717) is 16.7 Å². The van der Waals surface area contributed by atoms with Gasteiger partial charge in [0.15, 0.2) is 0 Å². The van der Waals surface area contributed by atoms with Crippen LogP contribution in [0.15, 0.2) is 67.0 Å². The van der Waals surface area contributed by atoms with Crippen molar-refractivity contribution >= 4 is 17.0 Å². The quantitative estimate of drug-likeness (QED) is 0.463. The molecule has 0 aliphatic heterocycles. The summed E-state index contributed by atoms with van der Waals surface area (Å²) in [7, 11) is 0. The van der Waals surface area contributed by atoms with Gasteiger partial charge >= 0.3 is 5.97 Å². The van der Waals surface area contributed by atoms with Crippen LogP contribution in [0.4, 0.5) is 0 Å². The predicted octanol–water partition coefficient (Wildman–Crippen LogP) is 4.58. The van der Waals surface area contributed by atoms with E-state index in [1.54, 1.807) is 30.6 Å². The summed E-state index contributed by atoms with van der Waals surface area (Å²) in [5.41, 5.74) is 5.55. The van der Waals surface area contributed by atoms with Crippen LogP contribution in [0.2, 0.25) is 0 Å². The monoisotopic (exact) mass is 338 g/mol. The SMILES string of the molecule is C#Cc1cccc(C(=O)O)c1-c1cnc2[nH]ccc2c1.c1cc2cc-2c1. The normalized spacial score (nSPS) is 10.6. The molecule has 1 aromatic carbocycles. The van der Waals surface area contributed by atoms with Crippen molar-refractivity contribution in [2.24, 2.45) is 0 Å². The number of terminal acetylenes is 1. The number of rotatable bonds is 2. The second-order valence-electron chi connectivity index (χ2n) is 5.90. The number of pyridine rings is 1. The number of benzene rings is 2. The van der Waals surface area contributed by atoms with Gasteiger partial charge < -0.3 is 10.1 Å². The number of aromatic carboxylic acids is 1. The molecule has 2 aliphatic carbocycles. The maximum absolute atomic E-state index is 11.4. The van der Waals surface area contributed by atoms with Gasteiger partial charge in [-0.3, -0.25) is 0 Å². The van der Waals surface area contributed by atoms with E-state index < -0.39 is 5.97 Å². The van der Waals surface area contributed by atoms with Crippen LogP contribution in [0.25, 0.3) is 33.3 Å². The number of nitrogens with one attached hydrogen (secondary N) is 1. The van der Waals surface area contributed by atoms with Crippen molar-refractivity contribution in [3.63, 3.8) is 0 Å². The lowest BCUT2D eigenvalue weighted by Gasteiger charge is -2.09. The largest absolute Gasteiger partial charge is 0.478 e. The second-order valence-corrected chi connectivity index (χ2v) is 5.90. The molecule has 0 saturated carbocycles. The van der Waals surface area contributed by atoms with Gasteiger partial charge in [0.05, 0.1) is 5.56 Å². The number of hydrogen-bond donors (Lipinski definition) is 2. The lowest BCUT2D eigenvalue weighted by atomic mass is 9.95. The Balaban J connectivity index is 0.000000233. The molecule has 0 atom stereocenters. The zero-order chi connectivity index (χ0) is 18.1. The van der Waals surface area contributed by atoms with Crippen molar-refractivity contribution in [2.75, 3.05) is 0 Å². The molecule has 0 spiro atoms. The predicted molar refractivity (Wildman–Crippen MR) is 102 cm³/mol. The summed E-state index contributed by atoms with van der Waals surface area (Å²) in [5.74, 6) is 1.52. The molecule has 2 aliphatic rings. The third kappa shape index (κ3) is 2.83. The van der Waals surface area contributed by atoms with Crippen LogP contribution in [-0.4, -0.2) is 21.0 Å². The van der Waals surface area contributed by atoms with Gasteiger partial charge in [-0.15, -0.1) is 6.42 Å². The minimum absolute atomic E-state index is 0.178. The fourth-order valence-electron chi connectivity index (χ4n) is 2.91. The summed E-state index contributed by atoms with van der Waals surface area (Å²) in [6.07, 6.45) is 8.89. The van der Waals surface area contributed by atoms with Crippen molar-refractivity contribution < 1.29 is 9.90 Å². The zero-order valence-corrected chi connectivity index (χ0v) is 13.7. The van der Waals surface area contributed by atoms with Gasteiger partial charge in [0.1, 0.15) is 5.65 Å². The van der Waals surface area contributed by atoms with Crippen LogP contribution >= 0.6 is 0 Å². The number of aromatic amines is 1. The van der Waals surface area contributed by atoms with Crippen molar-refractivity contribution in [1.82, 2.24) is 9.97 Å². The number of carbonyl (C=O) groups is 1. The maximum atomic E-state index is 11.4. The number of fused-ring (bicyclic) bond motifs is 2. The Bertz CT molecular complexity index is 1160. The number of nitrogens with zero attached hydrogens (tertiary/aromatic N) is 1. The Labute approximate surface area is 150 Å². The first kappa shape index (κ1) is 15.7. The number of hydrogen-bond acceptors (Lipinski definition) is 2. The third-order valence-electron chi connectivity index (χ3n) is 4.25. The Morgan fingerprint density at radius 1 is 1.04 bits per heavy atom. The molecule has 0 saturated heterocycles. The van der Waals surface area contributed by atoms with Crippen molar-refractivity contribution in [3.05, 3.63) is 78.1 Å². The van der Waals surface area contributed by atoms with E-state index in [1.165, 1.54) is 11.1 Å². The number of H-pyrrole nitrogens is 1. The number of aromatic nitrogens is 2. The molecule has 0 radical (unpaired) electrons. The Hall–Kier alpha value is -3.84. The summed E-state index contributed by atoms with van der Waals surface area (Å²) in [6, 6.07) is 17.1. The maximum Gasteiger partial charge on any atom is 0.336 e. The van der Waals surface area contributed by atoms with E-state index >= 15 is 0 Å². The summed E-state index contributed by atoms with van der Waals surface area (Å²) in [4.78, 5) is 18.7. The molecule has 2 aromatic heterocycles. The average Bonchev–Trinajstić information content (AvgIpc) is 3.06. The van der Waals surface area contributed by atoms with E-state index in [0.717, 1.165) is 11.0 Å². The fourth-order valence-corrected chi connectivity index (χ4v) is 2.91. The van der Waals surface area contributed by atoms with Gasteiger partial charge in [-0.2, -0.15) is 0 Å². The molecular formula is C22H14N2O2. The van der Waals surface area contributed by atoms with Gasteiger partial charge in [0, 0.05) is 34.5 Å². The van der Waals surface area contributed by atoms with E-state index in [-0.39, 0.29) is 5.56 Å². The van der Waals surface area contributed by atoms with Crippen LogP contribution < -0.4 is 0 Å². The van der Waals surface area contributed by atoms with Crippen LogP contribution in [-0.2, 0) is 0 Å². The van der Waals surface area contributed by atoms with Crippen molar-refractivity contribution in [2.45, 2.75) is 0 Å². The summed E-state index contributed by atoms with van der Waals surface area (Å²) in [5, 5.41) is 10.2. The van der Waals surface area contributed by atoms with Crippen molar-refractivity contribution in [3.8, 4) is 34.6 Å². The second kappa shape index (κ2) is 6.23. The topological polar surface area (TPSA) is 66.0 Å². The molecule has 124 valence electrons. The molecule has 0 amide bonds. The molecule has 4 heteroatoms. The standard InChI is InChI=1S/C16H10N2O2.C6H4/c1-2-10-4-3-5-13(16(19)20)14(10)12-8-11-6-7-17-15(11)18-9-12;1-2-5-4-6(5)3-1/h1,3-9H,(H,17,18)(H,19,20);1-4H. The first-order valence-electron chi connectivity index (χ1n) is 8.04. The molecule has 0 fully saturated rings. The minimum Gasteiger partial charge on any atom is -0.478 e. The highest BCUT2D eigenvalue weighted by atomic mass is 16.4. The molecule has 3 aromatic rings. The highest BCUT2D eigenvalue weighted by Crippen LogP contribution is 2.32. The molecule has 2 heterocycles. The van der Waals surface area contributed by atoms with Crippen LogP contribution in [0.5, 0.6) is 0 Å². The smallest absolute Gasteiger partial charge is 0.336 e. The highest BCUT2D eigenvalue weighted by molar-refractivity contribution is 5.98. The van der Waals surface area contributed by atoms with E-state index in [1.807, 2.05) is 12.1 Å². The molecule has 5 rings (SSSR count). The average molecular weight is 338 g/mol. The molecular weight excluding hydrogens is 324 g/mol. The van der Waals surface area contributed by atoms with Gasteiger partial charge in [-0.25, -0.2) is 9.78 Å². The van der Waals surface area contributed by atoms with Crippen LogP contribution in [0.1, 0.15) is 15.9 Å². The van der Waals surface area contributed by atoms with E-state index in [9.17, 15) is 9.90 Å². The molecule has 0 bridgehead atoms. The Morgan fingerprint density at radius 3 is 2.42 bits per heavy atom. The first-order valence-corrected chi connectivity index (χ1v) is 8.04. The fraction of sp³-hybridized carbons (Fsp3) is 0. The molecule has 4 nitrogen and oxygen atoms in total. The third-order valence-corrected chi connectivity index (χ3v) is 4.25. The molecule has 0 unspecified atom stereocenters. The van der Waals surface area contributed by atoms with Crippen LogP contribution in [0, 0.1) is 12.3 Å².